The van der Waals surface area contributed by atoms with Crippen molar-refractivity contribution in [3.05, 3.63) is 248 Å². The zero-order valence-electron chi connectivity index (χ0n) is 34.6. The molecule has 0 amide bonds. The lowest BCUT2D eigenvalue weighted by Crippen LogP contribution is -2.30. The van der Waals surface area contributed by atoms with E-state index < -0.39 is 0 Å². The van der Waals surface area contributed by atoms with Crippen molar-refractivity contribution in [1.82, 2.24) is 0 Å². The van der Waals surface area contributed by atoms with Crippen molar-refractivity contribution in [3.63, 3.8) is 0 Å². The fourth-order valence-corrected chi connectivity index (χ4v) is 8.46. The highest BCUT2D eigenvalue weighted by Crippen LogP contribution is 2.55. The summed E-state index contributed by atoms with van der Waals surface area (Å²) in [4.78, 5) is 9.16. The van der Waals surface area contributed by atoms with Gasteiger partial charge in [-0.1, -0.05) is 110 Å². The van der Waals surface area contributed by atoms with Crippen LogP contribution >= 0.6 is 0 Å². The summed E-state index contributed by atoms with van der Waals surface area (Å²) in [6.07, 6.45) is 4.02. The number of para-hydroxylation sites is 8. The van der Waals surface area contributed by atoms with E-state index in [0.717, 1.165) is 73.8 Å². The summed E-state index contributed by atoms with van der Waals surface area (Å²) in [6.45, 7) is 8.36. The van der Waals surface area contributed by atoms with Crippen LogP contribution in [0.15, 0.2) is 242 Å². The molecule has 10 rings (SSSR count). The molecule has 6 heteroatoms. The Morgan fingerprint density at radius 3 is 1.32 bits per heavy atom. The van der Waals surface area contributed by atoms with Gasteiger partial charge in [-0.3, -0.25) is 0 Å². The molecule has 300 valence electrons. The van der Waals surface area contributed by atoms with E-state index in [1.807, 2.05) is 62.4 Å². The molecule has 62 heavy (non-hydrogen) atoms. The van der Waals surface area contributed by atoms with Gasteiger partial charge >= 0.3 is 0 Å². The van der Waals surface area contributed by atoms with E-state index >= 15 is 0 Å². The molecule has 2 aliphatic rings. The van der Waals surface area contributed by atoms with Gasteiger partial charge in [-0.25, -0.2) is 0 Å². The Morgan fingerprint density at radius 1 is 0.419 bits per heavy atom. The lowest BCUT2D eigenvalue weighted by Gasteiger charge is -2.40. The van der Waals surface area contributed by atoms with Crippen molar-refractivity contribution in [2.45, 2.75) is 13.8 Å². The van der Waals surface area contributed by atoms with Crippen LogP contribution in [0.25, 0.3) is 0 Å². The minimum Gasteiger partial charge on any atom is -0.462 e. The second-order valence-electron chi connectivity index (χ2n) is 15.1. The molecule has 0 saturated carbocycles. The monoisotopic (exact) mass is 804 g/mol. The van der Waals surface area contributed by atoms with E-state index in [1.54, 1.807) is 0 Å². The van der Waals surface area contributed by atoms with Crippen LogP contribution in [-0.4, -0.2) is 0 Å². The lowest BCUT2D eigenvalue weighted by molar-refractivity contribution is 0.415. The maximum Gasteiger partial charge on any atom is 0.134 e. The molecule has 6 nitrogen and oxygen atoms in total. The normalized spacial score (nSPS) is 13.3. The molecule has 2 aliphatic heterocycles. The number of ether oxygens (including phenoxy) is 2. The van der Waals surface area contributed by atoms with Crippen LogP contribution < -0.4 is 29.1 Å². The topological polar surface area (TPSA) is 31.4 Å². The molecule has 0 unspecified atom stereocenters. The van der Waals surface area contributed by atoms with Gasteiger partial charge in [0, 0.05) is 40.5 Å². The molecule has 0 saturated heterocycles. The molecule has 0 radical (unpaired) electrons. The van der Waals surface area contributed by atoms with E-state index in [9.17, 15) is 0 Å². The van der Waals surface area contributed by atoms with Gasteiger partial charge in [0.25, 0.3) is 0 Å². The number of benzene rings is 8. The van der Waals surface area contributed by atoms with Crippen LogP contribution in [0.2, 0.25) is 0 Å². The highest BCUT2D eigenvalue weighted by atomic mass is 16.5. The Kier molecular flexibility index (Phi) is 10.1. The van der Waals surface area contributed by atoms with E-state index in [1.165, 1.54) is 0 Å². The Labute approximate surface area is 363 Å². The second-order valence-corrected chi connectivity index (χ2v) is 15.1. The zero-order valence-corrected chi connectivity index (χ0v) is 34.6. The SMILES string of the molecule is C=CC1=C(/C=C(\C)Oc2cccc(Oc3ccc4c(c3)N(c3ccccc3)c3ccccc3N4c3ccccc3)c2C)N(c2ccccc2)c2ccccc2N1c1ccccc1. The van der Waals surface area contributed by atoms with Gasteiger partial charge in [0.2, 0.25) is 0 Å². The number of allylic oxidation sites excluding steroid dienone is 3. The van der Waals surface area contributed by atoms with Gasteiger partial charge in [0.05, 0.1) is 45.5 Å². The molecule has 0 aromatic heterocycles. The summed E-state index contributed by atoms with van der Waals surface area (Å²) >= 11 is 0. The minimum absolute atomic E-state index is 0.701. The van der Waals surface area contributed by atoms with Crippen molar-refractivity contribution in [2.75, 3.05) is 19.6 Å². The van der Waals surface area contributed by atoms with E-state index in [0.29, 0.717) is 23.0 Å². The van der Waals surface area contributed by atoms with Gasteiger partial charge < -0.3 is 29.1 Å². The third-order valence-corrected chi connectivity index (χ3v) is 11.2. The van der Waals surface area contributed by atoms with Crippen LogP contribution in [0, 0.1) is 6.92 Å². The van der Waals surface area contributed by atoms with Gasteiger partial charge in [-0.2, -0.15) is 0 Å². The van der Waals surface area contributed by atoms with E-state index in [-0.39, 0.29) is 0 Å². The molecular weight excluding hydrogens is 761 g/mol. The third kappa shape index (κ3) is 6.93. The van der Waals surface area contributed by atoms with Crippen molar-refractivity contribution in [1.29, 1.82) is 0 Å². The number of hydrogen-bond acceptors (Lipinski definition) is 6. The molecule has 0 spiro atoms. The summed E-state index contributed by atoms with van der Waals surface area (Å²) in [5, 5.41) is 0. The average Bonchev–Trinajstić information content (AvgIpc) is 3.32. The average molecular weight is 805 g/mol. The largest absolute Gasteiger partial charge is 0.462 e. The maximum absolute atomic E-state index is 6.79. The summed E-state index contributed by atoms with van der Waals surface area (Å²) in [5.41, 5.74) is 13.3. The van der Waals surface area contributed by atoms with Gasteiger partial charge in [-0.15, -0.1) is 0 Å². The molecule has 0 N–H and O–H groups in total. The molecule has 0 atom stereocenters. The van der Waals surface area contributed by atoms with Gasteiger partial charge in [-0.05, 0) is 117 Å². The standard InChI is InChI=1S/C56H44N4O2/c1-4-47-53(59(44-26-13-7-14-27-44)50-32-19-17-30-48(50)57(47)42-22-9-5-10-23-42)38-40(2)61-55-34-21-35-56(41(55)3)62-46-36-37-52-54(39-46)60(45-28-15-8-16-29-45)51-33-20-18-31-49(51)58(52)43-24-11-6-12-25-43/h4-39H,1H2,2-3H3/b40-38+. The van der Waals surface area contributed by atoms with E-state index in [2.05, 4.69) is 196 Å². The Balaban J connectivity index is 1.02. The van der Waals surface area contributed by atoms with Crippen molar-refractivity contribution in [3.8, 4) is 17.2 Å². The Bertz CT molecular complexity index is 2970. The molecule has 2 heterocycles. The first-order chi connectivity index (χ1) is 30.6. The Morgan fingerprint density at radius 2 is 0.823 bits per heavy atom. The van der Waals surface area contributed by atoms with Gasteiger partial charge in [0.1, 0.15) is 23.0 Å². The molecule has 8 aromatic carbocycles. The highest BCUT2D eigenvalue weighted by Gasteiger charge is 2.32. The number of nitrogens with zero attached hydrogens (tertiary/aromatic N) is 4. The van der Waals surface area contributed by atoms with E-state index in [4.69, 9.17) is 9.47 Å². The highest BCUT2D eigenvalue weighted by molar-refractivity contribution is 6.02. The maximum atomic E-state index is 6.79. The summed E-state index contributed by atoms with van der Waals surface area (Å²) in [7, 11) is 0. The zero-order chi connectivity index (χ0) is 42.0. The van der Waals surface area contributed by atoms with Crippen molar-refractivity contribution < 1.29 is 9.47 Å². The molecule has 8 aromatic rings. The number of hydrogen-bond donors (Lipinski definition) is 0. The summed E-state index contributed by atoms with van der Waals surface area (Å²) in [6, 6.07) is 71.1. The predicted molar refractivity (Wildman–Crippen MR) is 256 cm³/mol. The van der Waals surface area contributed by atoms with Crippen LogP contribution in [0.1, 0.15) is 12.5 Å². The quantitative estimate of drug-likeness (QED) is 0.128. The van der Waals surface area contributed by atoms with Crippen LogP contribution in [0.5, 0.6) is 17.2 Å². The molecule has 0 fully saturated rings. The number of fused-ring (bicyclic) bond motifs is 3. The fraction of sp³-hybridized carbons (Fsp3) is 0.0357. The summed E-state index contributed by atoms with van der Waals surface area (Å²) in [5.74, 6) is 2.83. The van der Waals surface area contributed by atoms with Crippen molar-refractivity contribution >= 4 is 56.9 Å². The van der Waals surface area contributed by atoms with Crippen LogP contribution in [0.4, 0.5) is 56.9 Å². The fourth-order valence-electron chi connectivity index (χ4n) is 8.46. The third-order valence-electron chi connectivity index (χ3n) is 11.2. The molecule has 0 bridgehead atoms. The first kappa shape index (κ1) is 38.0. The number of anilines is 10. The lowest BCUT2D eigenvalue weighted by atomic mass is 10.0. The smallest absolute Gasteiger partial charge is 0.134 e. The second kappa shape index (κ2) is 16.4. The van der Waals surface area contributed by atoms with Crippen LogP contribution in [-0.2, 0) is 0 Å². The predicted octanol–water partition coefficient (Wildman–Crippen LogP) is 15.7. The molecule has 0 aliphatic carbocycles. The minimum atomic E-state index is 0.701. The molecular formula is C56H44N4O2. The summed E-state index contributed by atoms with van der Waals surface area (Å²) < 4.78 is 13.5. The first-order valence-corrected chi connectivity index (χ1v) is 20.8. The van der Waals surface area contributed by atoms with Crippen molar-refractivity contribution in [2.24, 2.45) is 0 Å². The Hall–Kier alpha value is -8.22. The first-order valence-electron chi connectivity index (χ1n) is 20.8. The number of rotatable bonds is 10. The van der Waals surface area contributed by atoms with Crippen LogP contribution in [0.3, 0.4) is 0 Å². The van der Waals surface area contributed by atoms with Gasteiger partial charge in [0.15, 0.2) is 0 Å².